The first-order chi connectivity index (χ1) is 12.0. The van der Waals surface area contributed by atoms with Gasteiger partial charge in [0.25, 0.3) is 5.91 Å². The summed E-state index contributed by atoms with van der Waals surface area (Å²) in [5, 5.41) is 12.6. The number of anilines is 1. The number of nitrogens with one attached hydrogen (secondary N) is 2. The summed E-state index contributed by atoms with van der Waals surface area (Å²) in [7, 11) is 1.53. The van der Waals surface area contributed by atoms with E-state index in [0.717, 1.165) is 0 Å². The molecule has 3 rings (SSSR count). The van der Waals surface area contributed by atoms with Gasteiger partial charge in [-0.05, 0) is 25.1 Å². The molecule has 25 heavy (non-hydrogen) atoms. The van der Waals surface area contributed by atoms with Gasteiger partial charge in [-0.2, -0.15) is 18.9 Å². The summed E-state index contributed by atoms with van der Waals surface area (Å²) < 4.78 is 31.1. The highest BCUT2D eigenvalue weighted by Crippen LogP contribution is 2.27. The Morgan fingerprint density at radius 3 is 2.80 bits per heavy atom. The molecule has 0 unspecified atom stereocenters. The van der Waals surface area contributed by atoms with Crippen LogP contribution in [0.2, 0.25) is 0 Å². The number of hydrogen-bond donors (Lipinski definition) is 2. The van der Waals surface area contributed by atoms with E-state index in [1.165, 1.54) is 20.1 Å². The minimum atomic E-state index is -2.82. The maximum Gasteiger partial charge on any atom is 0.333 e. The van der Waals surface area contributed by atoms with E-state index in [2.05, 4.69) is 25.6 Å². The molecule has 0 fully saturated rings. The Bertz CT molecular complexity index is 905. The largest absolute Gasteiger partial charge is 0.496 e. The topological polar surface area (TPSA) is 97.7 Å². The number of rotatable bonds is 5. The maximum absolute atomic E-state index is 12.7. The van der Waals surface area contributed by atoms with E-state index < -0.39 is 12.5 Å². The van der Waals surface area contributed by atoms with Crippen molar-refractivity contribution in [1.29, 1.82) is 0 Å². The van der Waals surface area contributed by atoms with Crippen LogP contribution in [0, 0.1) is 6.92 Å². The van der Waals surface area contributed by atoms with E-state index in [1.54, 1.807) is 18.2 Å². The Morgan fingerprint density at radius 1 is 1.36 bits per heavy atom. The molecule has 2 aromatic heterocycles. The van der Waals surface area contributed by atoms with Crippen molar-refractivity contribution >= 4 is 11.9 Å². The first-order valence-corrected chi connectivity index (χ1v) is 7.21. The van der Waals surface area contributed by atoms with Gasteiger partial charge in [0.15, 0.2) is 11.5 Å². The van der Waals surface area contributed by atoms with Gasteiger partial charge in [-0.1, -0.05) is 12.1 Å². The number of ether oxygens (including phenoxy) is 1. The van der Waals surface area contributed by atoms with Crippen molar-refractivity contribution in [2.45, 2.75) is 13.5 Å². The van der Waals surface area contributed by atoms with Crippen LogP contribution >= 0.6 is 0 Å². The predicted molar refractivity (Wildman–Crippen MR) is 84.5 cm³/mol. The fourth-order valence-electron chi connectivity index (χ4n) is 2.24. The van der Waals surface area contributed by atoms with Gasteiger partial charge in [-0.25, -0.2) is 4.68 Å². The molecule has 0 atom stereocenters. The number of aromatic amines is 1. The minimum Gasteiger partial charge on any atom is -0.496 e. The number of halogens is 2. The van der Waals surface area contributed by atoms with Crippen molar-refractivity contribution in [2.24, 2.45) is 0 Å². The van der Waals surface area contributed by atoms with E-state index in [9.17, 15) is 13.6 Å². The Kier molecular flexibility index (Phi) is 4.42. The molecule has 2 N–H and O–H groups in total. The fraction of sp³-hybridized carbons (Fsp3) is 0.200. The molecule has 0 radical (unpaired) electrons. The molecule has 10 heteroatoms. The monoisotopic (exact) mass is 348 g/mol. The molecule has 0 saturated carbocycles. The molecule has 130 valence electrons. The molecule has 3 aromatic rings. The predicted octanol–water partition coefficient (Wildman–Crippen LogP) is 2.63. The van der Waals surface area contributed by atoms with Crippen LogP contribution in [-0.4, -0.2) is 38.0 Å². The number of aryl methyl sites for hydroxylation is 1. The summed E-state index contributed by atoms with van der Waals surface area (Å²) in [6.07, 6.45) is 0. The molecule has 0 bridgehead atoms. The number of carbonyl (C=O) groups is 1. The number of nitrogens with zero attached hydrogens (tertiary/aromatic N) is 4. The summed E-state index contributed by atoms with van der Waals surface area (Å²) in [5.41, 5.74) is 0.683. The van der Waals surface area contributed by atoms with Crippen LogP contribution in [0.1, 0.15) is 22.7 Å². The second-order valence-electron chi connectivity index (χ2n) is 5.06. The number of carbonyl (C=O) groups excluding carboxylic acids is 1. The zero-order chi connectivity index (χ0) is 18.0. The lowest BCUT2D eigenvalue weighted by atomic mass is 10.2. The quantitative estimate of drug-likeness (QED) is 0.739. The maximum atomic E-state index is 12.7. The van der Waals surface area contributed by atoms with Gasteiger partial charge in [0, 0.05) is 5.69 Å². The molecular formula is C15H14F2N6O2. The first-order valence-electron chi connectivity index (χ1n) is 7.21. The third-order valence-electron chi connectivity index (χ3n) is 3.41. The van der Waals surface area contributed by atoms with Gasteiger partial charge in [-0.3, -0.25) is 15.2 Å². The average molecular weight is 348 g/mol. The average Bonchev–Trinajstić information content (AvgIpc) is 3.21. The van der Waals surface area contributed by atoms with Crippen LogP contribution in [0.5, 0.6) is 5.75 Å². The first kappa shape index (κ1) is 16.6. The molecular weight excluding hydrogens is 334 g/mol. The molecule has 0 aliphatic rings. The minimum absolute atomic E-state index is 0.00449. The number of H-pyrrole nitrogens is 1. The van der Waals surface area contributed by atoms with E-state index in [1.807, 2.05) is 6.07 Å². The highest BCUT2D eigenvalue weighted by molar-refractivity contribution is 6.02. The Hall–Kier alpha value is -3.30. The van der Waals surface area contributed by atoms with Gasteiger partial charge < -0.3 is 4.74 Å². The van der Waals surface area contributed by atoms with Crippen molar-refractivity contribution < 1.29 is 18.3 Å². The zero-order valence-corrected chi connectivity index (χ0v) is 13.3. The van der Waals surface area contributed by atoms with Gasteiger partial charge >= 0.3 is 6.55 Å². The summed E-state index contributed by atoms with van der Waals surface area (Å²) in [5.74, 6) is 0.285. The van der Waals surface area contributed by atoms with E-state index >= 15 is 0 Å². The van der Waals surface area contributed by atoms with Crippen LogP contribution in [0.3, 0.4) is 0 Å². The van der Waals surface area contributed by atoms with E-state index in [-0.39, 0.29) is 17.3 Å². The number of benzene rings is 1. The molecule has 0 saturated heterocycles. The van der Waals surface area contributed by atoms with Crippen LogP contribution in [-0.2, 0) is 0 Å². The van der Waals surface area contributed by atoms with Crippen molar-refractivity contribution in [2.75, 3.05) is 12.4 Å². The molecule has 1 aromatic carbocycles. The molecule has 2 heterocycles. The molecule has 0 aliphatic carbocycles. The van der Waals surface area contributed by atoms with Crippen LogP contribution in [0.25, 0.3) is 11.4 Å². The Balaban J connectivity index is 1.79. The molecule has 8 nitrogen and oxygen atoms in total. The summed E-state index contributed by atoms with van der Waals surface area (Å²) in [6, 6.07) is 8.41. The van der Waals surface area contributed by atoms with Crippen LogP contribution in [0.15, 0.2) is 30.3 Å². The number of hydrogen-bond acceptors (Lipinski definition) is 5. The number of para-hydroxylation sites is 1. The second-order valence-corrected chi connectivity index (χ2v) is 5.06. The Labute approximate surface area is 140 Å². The fourth-order valence-corrected chi connectivity index (χ4v) is 2.24. The van der Waals surface area contributed by atoms with Crippen molar-refractivity contribution in [3.63, 3.8) is 0 Å². The molecule has 0 aliphatic heterocycles. The van der Waals surface area contributed by atoms with Crippen LogP contribution in [0.4, 0.5) is 14.7 Å². The number of amides is 1. The van der Waals surface area contributed by atoms with E-state index in [0.29, 0.717) is 21.8 Å². The summed E-state index contributed by atoms with van der Waals surface area (Å²) in [6.45, 7) is -1.38. The lowest BCUT2D eigenvalue weighted by Crippen LogP contribution is -2.14. The van der Waals surface area contributed by atoms with Gasteiger partial charge in [0.1, 0.15) is 5.75 Å². The molecule has 1 amide bonds. The standard InChI is InChI=1S/C15H14F2N6O2/c1-8-7-10(22-23(8)14(16)17)13(24)19-15-18-12(20-21-15)9-5-3-4-6-11(9)25-2/h3-7,14H,1-2H3,(H2,18,19,20,21,24). The van der Waals surface area contributed by atoms with Gasteiger partial charge in [-0.15, -0.1) is 5.10 Å². The summed E-state index contributed by atoms with van der Waals surface area (Å²) in [4.78, 5) is 16.3. The lowest BCUT2D eigenvalue weighted by molar-refractivity contribution is 0.0540. The SMILES string of the molecule is COc1ccccc1-c1nc(NC(=O)c2cc(C)n(C(F)F)n2)n[nH]1. The van der Waals surface area contributed by atoms with Crippen molar-refractivity contribution in [1.82, 2.24) is 25.0 Å². The lowest BCUT2D eigenvalue weighted by Gasteiger charge is -2.04. The molecule has 0 spiro atoms. The summed E-state index contributed by atoms with van der Waals surface area (Å²) >= 11 is 0. The normalized spacial score (nSPS) is 10.9. The second kappa shape index (κ2) is 6.67. The van der Waals surface area contributed by atoms with Crippen LogP contribution < -0.4 is 10.1 Å². The number of methoxy groups -OCH3 is 1. The smallest absolute Gasteiger partial charge is 0.333 e. The third kappa shape index (κ3) is 3.32. The Morgan fingerprint density at radius 2 is 2.12 bits per heavy atom. The number of alkyl halides is 2. The highest BCUT2D eigenvalue weighted by atomic mass is 19.3. The van der Waals surface area contributed by atoms with Gasteiger partial charge in [0.2, 0.25) is 5.95 Å². The van der Waals surface area contributed by atoms with Gasteiger partial charge in [0.05, 0.1) is 12.7 Å². The van der Waals surface area contributed by atoms with Crippen molar-refractivity contribution in [3.8, 4) is 17.1 Å². The third-order valence-corrected chi connectivity index (χ3v) is 3.41. The number of aromatic nitrogens is 5. The highest BCUT2D eigenvalue weighted by Gasteiger charge is 2.18. The zero-order valence-electron chi connectivity index (χ0n) is 13.3. The van der Waals surface area contributed by atoms with E-state index in [4.69, 9.17) is 4.74 Å². The van der Waals surface area contributed by atoms with Crippen molar-refractivity contribution in [3.05, 3.63) is 41.7 Å².